The predicted molar refractivity (Wildman–Crippen MR) is 83.8 cm³/mol. The Labute approximate surface area is 158 Å². The molecule has 0 aliphatic heterocycles. The van der Waals surface area contributed by atoms with Crippen LogP contribution in [0.15, 0.2) is 91.0 Å². The van der Waals surface area contributed by atoms with Gasteiger partial charge in [-0.25, -0.2) is 6.04 Å². The van der Waals surface area contributed by atoms with Crippen molar-refractivity contribution in [2.24, 2.45) is 0 Å². The van der Waals surface area contributed by atoms with Crippen LogP contribution in [0.2, 0.25) is 0 Å². The Morgan fingerprint density at radius 3 is 1.33 bits per heavy atom. The van der Waals surface area contributed by atoms with Crippen molar-refractivity contribution in [3.05, 3.63) is 113 Å². The first-order valence-corrected chi connectivity index (χ1v) is 6.68. The van der Waals surface area contributed by atoms with Gasteiger partial charge in [-0.15, -0.1) is 41.1 Å². The third-order valence-electron chi connectivity index (χ3n) is 3.09. The van der Waals surface area contributed by atoms with Gasteiger partial charge in [0.15, 0.2) is 0 Å². The molecule has 0 atom stereocenters. The molecule has 0 radical (unpaired) electrons. The number of rotatable bonds is 4. The van der Waals surface area contributed by atoms with E-state index in [9.17, 15) is 0 Å². The second-order valence-corrected chi connectivity index (χ2v) is 4.53. The summed E-state index contributed by atoms with van der Waals surface area (Å²) in [5.41, 5.74) is 3.22. The molecule has 0 heterocycles. The molecule has 0 N–H and O–H groups in total. The van der Waals surface area contributed by atoms with E-state index in [1.807, 2.05) is 66.7 Å². The molecule has 104 valence electrons. The molecule has 0 amide bonds. The zero-order valence-electron chi connectivity index (χ0n) is 11.5. The predicted octanol–water partition coefficient (Wildman–Crippen LogP) is 5.32. The largest absolute Gasteiger partial charge is 0.693 e. The van der Waals surface area contributed by atoms with Gasteiger partial charge in [0.25, 0.3) is 0 Å². The standard InChI is InChI=1S/C19H15N.Sm/c1-4-10-16(11-5-1)19(17-12-6-2-7-13-17)20-18-14-8-3-9-15-18;/h1-15H;/q-2;. The first-order chi connectivity index (χ1) is 9.93. The van der Waals surface area contributed by atoms with Crippen LogP contribution in [-0.2, 0) is 0 Å². The smallest absolute Gasteiger partial charge is 0 e. The monoisotopic (exact) mass is 409 g/mol. The molecule has 0 spiro atoms. The van der Waals surface area contributed by atoms with Gasteiger partial charge in [0, 0.05) is 40.4 Å². The summed E-state index contributed by atoms with van der Waals surface area (Å²) in [4.78, 5) is 0. The van der Waals surface area contributed by atoms with Gasteiger partial charge in [-0.05, 0) is 0 Å². The average molecular weight is 408 g/mol. The van der Waals surface area contributed by atoms with E-state index in [2.05, 4.69) is 24.3 Å². The second-order valence-electron chi connectivity index (χ2n) is 4.53. The fourth-order valence-corrected chi connectivity index (χ4v) is 2.12. The zero-order valence-corrected chi connectivity index (χ0v) is 14.1. The Bertz CT molecular complexity index is 599. The fraction of sp³-hybridized carbons (Fsp3) is 0. The number of hydrogen-bond acceptors (Lipinski definition) is 0. The van der Waals surface area contributed by atoms with Crippen molar-refractivity contribution in [2.45, 2.75) is 0 Å². The molecule has 0 unspecified atom stereocenters. The first kappa shape index (κ1) is 16.0. The average Bonchev–Trinajstić information content (AvgIpc) is 2.55. The summed E-state index contributed by atoms with van der Waals surface area (Å²) in [6.45, 7) is 0. The third kappa shape index (κ3) is 4.32. The van der Waals surface area contributed by atoms with Gasteiger partial charge < -0.3 is 5.32 Å². The van der Waals surface area contributed by atoms with Crippen LogP contribution in [0, 0.1) is 46.4 Å². The van der Waals surface area contributed by atoms with Crippen molar-refractivity contribution in [1.29, 1.82) is 0 Å². The van der Waals surface area contributed by atoms with E-state index in [1.54, 1.807) is 0 Å². The molecular weight excluding hydrogens is 393 g/mol. The Balaban J connectivity index is 0.00000161. The van der Waals surface area contributed by atoms with E-state index < -0.39 is 0 Å². The van der Waals surface area contributed by atoms with Crippen molar-refractivity contribution < 1.29 is 40.4 Å². The maximum Gasteiger partial charge on any atom is 0 e. The Kier molecular flexibility index (Phi) is 6.26. The SMILES string of the molecule is [Sm].c1ccc([N-][C-](c2ccccc2)c2ccccc2)cc1. The van der Waals surface area contributed by atoms with Crippen LogP contribution in [0.4, 0.5) is 5.69 Å². The summed E-state index contributed by atoms with van der Waals surface area (Å²) in [5.74, 6) is 0. The van der Waals surface area contributed by atoms with Crippen LogP contribution in [0.25, 0.3) is 5.32 Å². The molecule has 3 aromatic carbocycles. The maximum atomic E-state index is 4.82. The van der Waals surface area contributed by atoms with Crippen LogP contribution in [0.3, 0.4) is 0 Å². The van der Waals surface area contributed by atoms with Crippen LogP contribution in [0.5, 0.6) is 0 Å². The zero-order chi connectivity index (χ0) is 13.6. The van der Waals surface area contributed by atoms with Gasteiger partial charge in [0.05, 0.1) is 0 Å². The quantitative estimate of drug-likeness (QED) is 0.520. The van der Waals surface area contributed by atoms with Crippen LogP contribution >= 0.6 is 0 Å². The van der Waals surface area contributed by atoms with E-state index in [4.69, 9.17) is 5.32 Å². The summed E-state index contributed by atoms with van der Waals surface area (Å²) in [7, 11) is 0. The minimum Gasteiger partial charge on any atom is -0.693 e. The topological polar surface area (TPSA) is 14.1 Å². The van der Waals surface area contributed by atoms with Gasteiger partial charge in [-0.2, -0.15) is 0 Å². The molecule has 0 saturated carbocycles. The Hall–Kier alpha value is -1.33. The van der Waals surface area contributed by atoms with Crippen molar-refractivity contribution >= 4 is 5.69 Å². The van der Waals surface area contributed by atoms with Crippen molar-refractivity contribution in [3.63, 3.8) is 0 Å². The molecular formula is C19H15NSm-2. The minimum atomic E-state index is 0. The van der Waals surface area contributed by atoms with Crippen LogP contribution < -0.4 is 0 Å². The second kappa shape index (κ2) is 8.19. The van der Waals surface area contributed by atoms with E-state index in [1.165, 1.54) is 0 Å². The van der Waals surface area contributed by atoms with E-state index in [0.29, 0.717) is 0 Å². The van der Waals surface area contributed by atoms with E-state index >= 15 is 0 Å². The fourth-order valence-electron chi connectivity index (χ4n) is 2.12. The van der Waals surface area contributed by atoms with Crippen LogP contribution in [-0.4, -0.2) is 0 Å². The first-order valence-electron chi connectivity index (χ1n) is 6.68. The molecule has 3 aromatic rings. The molecule has 21 heavy (non-hydrogen) atoms. The summed E-state index contributed by atoms with van der Waals surface area (Å²) in [6, 6.07) is 31.6. The maximum absolute atomic E-state index is 4.82. The van der Waals surface area contributed by atoms with Crippen molar-refractivity contribution in [2.75, 3.05) is 0 Å². The van der Waals surface area contributed by atoms with Gasteiger partial charge >= 0.3 is 0 Å². The summed E-state index contributed by atoms with van der Waals surface area (Å²) in [5, 5.41) is 4.82. The van der Waals surface area contributed by atoms with Gasteiger partial charge in [-0.3, -0.25) is 0 Å². The summed E-state index contributed by atoms with van der Waals surface area (Å²) in [6.07, 6.45) is 0. The third-order valence-corrected chi connectivity index (χ3v) is 3.09. The molecule has 0 aromatic heterocycles. The van der Waals surface area contributed by atoms with Gasteiger partial charge in [-0.1, -0.05) is 66.7 Å². The normalized spacial score (nSPS) is 9.52. The molecule has 0 saturated heterocycles. The van der Waals surface area contributed by atoms with Crippen LogP contribution in [0.1, 0.15) is 11.1 Å². The molecule has 0 bridgehead atoms. The molecule has 0 fully saturated rings. The number of benzene rings is 3. The van der Waals surface area contributed by atoms with Crippen molar-refractivity contribution in [1.82, 2.24) is 0 Å². The van der Waals surface area contributed by atoms with Gasteiger partial charge in [0.1, 0.15) is 0 Å². The summed E-state index contributed by atoms with van der Waals surface area (Å²) < 4.78 is 0. The Morgan fingerprint density at radius 1 is 0.524 bits per heavy atom. The van der Waals surface area contributed by atoms with E-state index in [-0.39, 0.29) is 40.4 Å². The van der Waals surface area contributed by atoms with Crippen molar-refractivity contribution in [3.8, 4) is 0 Å². The van der Waals surface area contributed by atoms with E-state index in [0.717, 1.165) is 22.9 Å². The number of para-hydroxylation sites is 1. The Morgan fingerprint density at radius 2 is 0.905 bits per heavy atom. The molecule has 0 aliphatic carbocycles. The number of nitrogens with zero attached hydrogens (tertiary/aromatic N) is 1. The number of hydrogen-bond donors (Lipinski definition) is 0. The molecule has 3 rings (SSSR count). The minimum absolute atomic E-state index is 0. The molecule has 0 aliphatic rings. The molecule has 1 nitrogen and oxygen atoms in total. The van der Waals surface area contributed by atoms with Gasteiger partial charge in [0.2, 0.25) is 0 Å². The molecule has 2 heteroatoms. The summed E-state index contributed by atoms with van der Waals surface area (Å²) >= 11 is 0.